The van der Waals surface area contributed by atoms with Crippen molar-refractivity contribution in [1.82, 2.24) is 5.32 Å². The lowest BCUT2D eigenvalue weighted by Crippen LogP contribution is -2.62. The molecule has 0 atom stereocenters. The summed E-state index contributed by atoms with van der Waals surface area (Å²) in [5, 5.41) is 12.1. The smallest absolute Gasteiger partial charge is 0.335 e. The van der Waals surface area contributed by atoms with Gasteiger partial charge in [-0.15, -0.1) is 0 Å². The van der Waals surface area contributed by atoms with Crippen LogP contribution in [0.3, 0.4) is 0 Å². The Bertz CT molecular complexity index is 543. The third-order valence-electron chi connectivity index (χ3n) is 3.34. The molecule has 0 radical (unpaired) electrons. The van der Waals surface area contributed by atoms with Crippen LogP contribution in [0, 0.1) is 0 Å². The van der Waals surface area contributed by atoms with Crippen molar-refractivity contribution in [3.63, 3.8) is 0 Å². The van der Waals surface area contributed by atoms with Gasteiger partial charge in [-0.05, 0) is 32.0 Å². The highest BCUT2D eigenvalue weighted by atomic mass is 35.5. The van der Waals surface area contributed by atoms with Crippen LogP contribution in [-0.2, 0) is 4.79 Å². The molecule has 1 heterocycles. The number of carbonyl (C=O) groups is 2. The predicted octanol–water partition coefficient (Wildman–Crippen LogP) is 1.75. The number of anilines is 1. The fraction of sp³-hybridized carbons (Fsp3) is 0.385. The highest BCUT2D eigenvalue weighted by molar-refractivity contribution is 6.33. The number of nitrogens with one attached hydrogen (secondary N) is 1. The van der Waals surface area contributed by atoms with Crippen molar-refractivity contribution in [2.45, 2.75) is 19.4 Å². The molecule has 0 unspecified atom stereocenters. The van der Waals surface area contributed by atoms with Crippen LogP contribution >= 0.6 is 11.6 Å². The maximum Gasteiger partial charge on any atom is 0.335 e. The van der Waals surface area contributed by atoms with Gasteiger partial charge in [0.15, 0.2) is 0 Å². The first kappa shape index (κ1) is 13.7. The van der Waals surface area contributed by atoms with Gasteiger partial charge in [-0.3, -0.25) is 4.79 Å². The largest absolute Gasteiger partial charge is 0.478 e. The number of amides is 1. The number of aromatic carboxylic acids is 1. The zero-order valence-corrected chi connectivity index (χ0v) is 11.5. The second-order valence-corrected chi connectivity index (χ2v) is 5.35. The van der Waals surface area contributed by atoms with Crippen molar-refractivity contribution in [1.29, 1.82) is 0 Å². The van der Waals surface area contributed by atoms with Gasteiger partial charge in [0.05, 0.1) is 16.3 Å². The molecule has 0 aliphatic carbocycles. The fourth-order valence-corrected chi connectivity index (χ4v) is 2.46. The second-order valence-electron chi connectivity index (χ2n) is 4.94. The van der Waals surface area contributed by atoms with E-state index in [9.17, 15) is 9.59 Å². The molecule has 0 bridgehead atoms. The number of benzene rings is 1. The molecule has 2 N–H and O–H groups in total. The number of carboxylic acid groups (broad SMARTS) is 1. The average Bonchev–Trinajstić information content (AvgIpc) is 2.33. The van der Waals surface area contributed by atoms with Crippen molar-refractivity contribution in [2.75, 3.05) is 18.0 Å². The summed E-state index contributed by atoms with van der Waals surface area (Å²) in [6, 6.07) is 4.54. The monoisotopic (exact) mass is 282 g/mol. The molecule has 2 rings (SSSR count). The Morgan fingerprint density at radius 3 is 2.74 bits per heavy atom. The van der Waals surface area contributed by atoms with Gasteiger partial charge in [0.25, 0.3) is 0 Å². The molecule has 1 aliphatic heterocycles. The summed E-state index contributed by atoms with van der Waals surface area (Å²) in [7, 11) is 0. The van der Waals surface area contributed by atoms with Gasteiger partial charge in [-0.2, -0.15) is 0 Å². The molecule has 102 valence electrons. The van der Waals surface area contributed by atoms with E-state index in [1.807, 2.05) is 18.7 Å². The van der Waals surface area contributed by atoms with Gasteiger partial charge in [0, 0.05) is 13.1 Å². The van der Waals surface area contributed by atoms with Crippen LogP contribution in [0.15, 0.2) is 18.2 Å². The molecular formula is C13H15ClN2O3. The van der Waals surface area contributed by atoms with Gasteiger partial charge < -0.3 is 15.3 Å². The Labute approximate surface area is 116 Å². The van der Waals surface area contributed by atoms with Crippen molar-refractivity contribution in [3.05, 3.63) is 28.8 Å². The van der Waals surface area contributed by atoms with Crippen LogP contribution in [0.1, 0.15) is 24.2 Å². The van der Waals surface area contributed by atoms with Gasteiger partial charge >= 0.3 is 5.97 Å². The first-order valence-corrected chi connectivity index (χ1v) is 6.30. The molecule has 6 heteroatoms. The maximum absolute atomic E-state index is 11.9. The van der Waals surface area contributed by atoms with Crippen LogP contribution in [-0.4, -0.2) is 35.6 Å². The van der Waals surface area contributed by atoms with Gasteiger partial charge in [0.2, 0.25) is 5.91 Å². The van der Waals surface area contributed by atoms with Crippen LogP contribution < -0.4 is 10.2 Å². The minimum atomic E-state index is -1.02. The first-order chi connectivity index (χ1) is 8.84. The Kier molecular flexibility index (Phi) is 3.41. The minimum absolute atomic E-state index is 0.0721. The van der Waals surface area contributed by atoms with Crippen molar-refractivity contribution >= 4 is 29.2 Å². The summed E-state index contributed by atoms with van der Waals surface area (Å²) >= 11 is 6.15. The highest BCUT2D eigenvalue weighted by Crippen LogP contribution is 2.33. The zero-order chi connectivity index (χ0) is 14.2. The maximum atomic E-state index is 11.9. The van der Waals surface area contributed by atoms with Gasteiger partial charge in [-0.1, -0.05) is 11.6 Å². The number of nitrogens with zero attached hydrogens (tertiary/aromatic N) is 1. The topological polar surface area (TPSA) is 69.6 Å². The highest BCUT2D eigenvalue weighted by Gasteiger charge is 2.38. The molecular weight excluding hydrogens is 268 g/mol. The van der Waals surface area contributed by atoms with E-state index < -0.39 is 11.5 Å². The number of piperazine rings is 1. The van der Waals surface area contributed by atoms with Crippen LogP contribution in [0.25, 0.3) is 0 Å². The van der Waals surface area contributed by atoms with E-state index in [-0.39, 0.29) is 11.5 Å². The summed E-state index contributed by atoms with van der Waals surface area (Å²) in [5.41, 5.74) is 0.0895. The van der Waals surface area contributed by atoms with E-state index in [4.69, 9.17) is 16.7 Å². The lowest BCUT2D eigenvalue weighted by atomic mass is 9.97. The normalized spacial score (nSPS) is 18.1. The average molecular weight is 283 g/mol. The lowest BCUT2D eigenvalue weighted by molar-refractivity contribution is -0.126. The Morgan fingerprint density at radius 2 is 2.16 bits per heavy atom. The van der Waals surface area contributed by atoms with Crippen molar-refractivity contribution in [2.24, 2.45) is 0 Å². The lowest BCUT2D eigenvalue weighted by Gasteiger charge is -2.43. The van der Waals surface area contributed by atoms with Crippen molar-refractivity contribution < 1.29 is 14.7 Å². The Hall–Kier alpha value is -1.75. The van der Waals surface area contributed by atoms with Crippen LogP contribution in [0.5, 0.6) is 0 Å². The molecule has 1 fully saturated rings. The molecule has 1 amide bonds. The van der Waals surface area contributed by atoms with Crippen molar-refractivity contribution in [3.8, 4) is 0 Å². The van der Waals surface area contributed by atoms with Crippen LogP contribution in [0.4, 0.5) is 5.69 Å². The van der Waals surface area contributed by atoms with E-state index >= 15 is 0 Å². The summed E-state index contributed by atoms with van der Waals surface area (Å²) < 4.78 is 0. The molecule has 0 saturated carbocycles. The summed E-state index contributed by atoms with van der Waals surface area (Å²) in [4.78, 5) is 24.7. The third-order valence-corrected chi connectivity index (χ3v) is 3.64. The standard InChI is InChI=1S/C13H15ClN2O3/c1-13(2)12(19)15-5-6-16(13)10-4-3-8(11(17)18)7-9(10)14/h3-4,7H,5-6H2,1-2H3,(H,15,19)(H,17,18). The SMILES string of the molecule is CC1(C)C(=O)NCCN1c1ccc(C(=O)O)cc1Cl. The van der Waals surface area contributed by atoms with Gasteiger partial charge in [0.1, 0.15) is 5.54 Å². The second kappa shape index (κ2) is 4.74. The van der Waals surface area contributed by atoms with E-state index in [2.05, 4.69) is 5.32 Å². The first-order valence-electron chi connectivity index (χ1n) is 5.93. The molecule has 0 spiro atoms. The quantitative estimate of drug-likeness (QED) is 0.867. The van der Waals surface area contributed by atoms with Gasteiger partial charge in [-0.25, -0.2) is 4.79 Å². The molecule has 1 aromatic carbocycles. The molecule has 0 aromatic heterocycles. The van der Waals surface area contributed by atoms with E-state index in [1.165, 1.54) is 12.1 Å². The number of hydrogen-bond acceptors (Lipinski definition) is 3. The molecule has 5 nitrogen and oxygen atoms in total. The molecule has 1 saturated heterocycles. The zero-order valence-electron chi connectivity index (χ0n) is 10.7. The number of hydrogen-bond donors (Lipinski definition) is 2. The number of halogens is 1. The number of rotatable bonds is 2. The predicted molar refractivity (Wildman–Crippen MR) is 72.8 cm³/mol. The van der Waals surface area contributed by atoms with E-state index in [0.29, 0.717) is 23.8 Å². The molecule has 1 aliphatic rings. The van der Waals surface area contributed by atoms with E-state index in [1.54, 1.807) is 6.07 Å². The molecule has 1 aromatic rings. The fourth-order valence-electron chi connectivity index (χ4n) is 2.18. The molecule has 19 heavy (non-hydrogen) atoms. The number of carboxylic acids is 1. The summed E-state index contributed by atoms with van der Waals surface area (Å²) in [6.45, 7) is 4.79. The number of carbonyl (C=O) groups excluding carboxylic acids is 1. The Balaban J connectivity index is 2.41. The summed E-state index contributed by atoms with van der Waals surface area (Å²) in [6.07, 6.45) is 0. The summed E-state index contributed by atoms with van der Waals surface area (Å²) in [5.74, 6) is -1.10. The van der Waals surface area contributed by atoms with E-state index in [0.717, 1.165) is 0 Å². The van der Waals surface area contributed by atoms with Crippen LogP contribution in [0.2, 0.25) is 5.02 Å². The Morgan fingerprint density at radius 1 is 1.47 bits per heavy atom. The third kappa shape index (κ3) is 2.38. The minimum Gasteiger partial charge on any atom is -0.478 e.